The van der Waals surface area contributed by atoms with Gasteiger partial charge in [0.05, 0.1) is 0 Å². The average Bonchev–Trinajstić information content (AvgIpc) is 2.41. The van der Waals surface area contributed by atoms with E-state index in [0.717, 1.165) is 17.8 Å². The summed E-state index contributed by atoms with van der Waals surface area (Å²) in [6.07, 6.45) is 9.68. The van der Waals surface area contributed by atoms with Crippen LogP contribution in [0.3, 0.4) is 0 Å². The molecule has 1 aliphatic carbocycles. The van der Waals surface area contributed by atoms with Crippen LogP contribution in [0, 0.1) is 17.8 Å². The molecular weight excluding hydrogens is 232 g/mol. The van der Waals surface area contributed by atoms with Crippen LogP contribution in [0.5, 0.6) is 0 Å². The van der Waals surface area contributed by atoms with Gasteiger partial charge in [-0.15, -0.1) is 0 Å². The molecule has 2 fully saturated rings. The third-order valence-corrected chi connectivity index (χ3v) is 5.49. The third-order valence-electron chi connectivity index (χ3n) is 5.49. The standard InChI is InChI=1S/C16H32N2.CH4/c1-3-13(2)15-6-4-14(5-7-15)12-18-10-8-16(17)9-11-18;/h13-16H,3-12,17H2,1-2H3;1H4. The van der Waals surface area contributed by atoms with Crippen LogP contribution in [-0.4, -0.2) is 30.6 Å². The molecule has 1 atom stereocenters. The summed E-state index contributed by atoms with van der Waals surface area (Å²) in [7, 11) is 0. The molecule has 2 heteroatoms. The molecular formula is C17H36N2. The third kappa shape index (κ3) is 5.07. The molecule has 2 rings (SSSR count). The summed E-state index contributed by atoms with van der Waals surface area (Å²) in [5, 5.41) is 0. The van der Waals surface area contributed by atoms with Gasteiger partial charge in [-0.3, -0.25) is 0 Å². The average molecular weight is 268 g/mol. The SMILES string of the molecule is C.CCC(C)C1CCC(CN2CCC(N)CC2)CC1. The number of rotatable bonds is 4. The fraction of sp³-hybridized carbons (Fsp3) is 1.00. The molecule has 1 saturated heterocycles. The van der Waals surface area contributed by atoms with Gasteiger partial charge in [-0.25, -0.2) is 0 Å². The van der Waals surface area contributed by atoms with Gasteiger partial charge in [0.15, 0.2) is 0 Å². The summed E-state index contributed by atoms with van der Waals surface area (Å²) in [4.78, 5) is 2.66. The van der Waals surface area contributed by atoms with Crippen molar-refractivity contribution in [2.24, 2.45) is 23.5 Å². The van der Waals surface area contributed by atoms with Crippen molar-refractivity contribution < 1.29 is 0 Å². The second-order valence-corrected chi connectivity index (χ2v) is 6.80. The Bertz CT molecular complexity index is 225. The van der Waals surface area contributed by atoms with Crippen molar-refractivity contribution in [3.8, 4) is 0 Å². The highest BCUT2D eigenvalue weighted by Gasteiger charge is 2.26. The van der Waals surface area contributed by atoms with Crippen LogP contribution in [0.25, 0.3) is 0 Å². The van der Waals surface area contributed by atoms with Gasteiger partial charge < -0.3 is 10.6 Å². The van der Waals surface area contributed by atoms with Gasteiger partial charge in [-0.2, -0.15) is 0 Å². The monoisotopic (exact) mass is 268 g/mol. The van der Waals surface area contributed by atoms with E-state index in [9.17, 15) is 0 Å². The molecule has 0 radical (unpaired) electrons. The lowest BCUT2D eigenvalue weighted by atomic mass is 9.75. The maximum absolute atomic E-state index is 5.97. The minimum absolute atomic E-state index is 0. The van der Waals surface area contributed by atoms with Gasteiger partial charge >= 0.3 is 0 Å². The molecule has 2 nitrogen and oxygen atoms in total. The lowest BCUT2D eigenvalue weighted by molar-refractivity contribution is 0.138. The molecule has 0 aromatic rings. The first-order valence-electron chi connectivity index (χ1n) is 8.17. The molecule has 0 amide bonds. The first-order chi connectivity index (χ1) is 8.69. The van der Waals surface area contributed by atoms with Crippen molar-refractivity contribution >= 4 is 0 Å². The van der Waals surface area contributed by atoms with Gasteiger partial charge in [0.25, 0.3) is 0 Å². The molecule has 1 heterocycles. The fourth-order valence-corrected chi connectivity index (χ4v) is 3.77. The van der Waals surface area contributed by atoms with E-state index >= 15 is 0 Å². The Morgan fingerprint density at radius 3 is 2.16 bits per heavy atom. The summed E-state index contributed by atoms with van der Waals surface area (Å²) in [5.74, 6) is 2.93. The van der Waals surface area contributed by atoms with E-state index in [2.05, 4.69) is 18.7 Å². The lowest BCUT2D eigenvalue weighted by Gasteiger charge is -2.37. The summed E-state index contributed by atoms with van der Waals surface area (Å²) in [6.45, 7) is 8.61. The van der Waals surface area contributed by atoms with Gasteiger partial charge in [0.1, 0.15) is 0 Å². The summed E-state index contributed by atoms with van der Waals surface area (Å²) >= 11 is 0. The molecule has 1 aliphatic heterocycles. The minimum atomic E-state index is 0. The van der Waals surface area contributed by atoms with Crippen LogP contribution in [0.4, 0.5) is 0 Å². The van der Waals surface area contributed by atoms with E-state index in [1.54, 1.807) is 0 Å². The van der Waals surface area contributed by atoms with E-state index in [1.807, 2.05) is 0 Å². The number of nitrogens with zero attached hydrogens (tertiary/aromatic N) is 1. The highest BCUT2D eigenvalue weighted by atomic mass is 15.1. The molecule has 19 heavy (non-hydrogen) atoms. The molecule has 1 saturated carbocycles. The predicted molar refractivity (Wildman–Crippen MR) is 85.3 cm³/mol. The van der Waals surface area contributed by atoms with Crippen LogP contribution < -0.4 is 5.73 Å². The van der Waals surface area contributed by atoms with Crippen LogP contribution in [-0.2, 0) is 0 Å². The zero-order valence-corrected chi connectivity index (χ0v) is 12.4. The summed E-state index contributed by atoms with van der Waals surface area (Å²) in [5.41, 5.74) is 5.97. The van der Waals surface area contributed by atoms with E-state index < -0.39 is 0 Å². The normalized spacial score (nSPS) is 31.7. The zero-order valence-electron chi connectivity index (χ0n) is 12.4. The van der Waals surface area contributed by atoms with Crippen molar-refractivity contribution in [3.63, 3.8) is 0 Å². The second-order valence-electron chi connectivity index (χ2n) is 6.80. The first kappa shape index (κ1) is 17.0. The highest BCUT2D eigenvalue weighted by molar-refractivity contribution is 4.80. The highest BCUT2D eigenvalue weighted by Crippen LogP contribution is 2.35. The smallest absolute Gasteiger partial charge is 0.00631 e. The number of nitrogens with two attached hydrogens (primary N) is 1. The molecule has 1 unspecified atom stereocenters. The maximum atomic E-state index is 5.97. The predicted octanol–water partition coefficient (Wildman–Crippen LogP) is 3.90. The number of piperidine rings is 1. The maximum Gasteiger partial charge on any atom is 0.00631 e. The topological polar surface area (TPSA) is 29.3 Å². The molecule has 0 bridgehead atoms. The molecule has 2 aliphatic rings. The number of likely N-dealkylation sites (tertiary alicyclic amines) is 1. The van der Waals surface area contributed by atoms with Crippen LogP contribution in [0.15, 0.2) is 0 Å². The van der Waals surface area contributed by atoms with Gasteiger partial charge in [0.2, 0.25) is 0 Å². The molecule has 114 valence electrons. The van der Waals surface area contributed by atoms with Gasteiger partial charge in [-0.05, 0) is 69.4 Å². The number of hydrogen-bond acceptors (Lipinski definition) is 2. The number of hydrogen-bond donors (Lipinski definition) is 1. The van der Waals surface area contributed by atoms with Crippen molar-refractivity contribution in [1.82, 2.24) is 4.90 Å². The Labute approximate surface area is 121 Å². The Kier molecular flexibility index (Phi) is 7.38. The summed E-state index contributed by atoms with van der Waals surface area (Å²) < 4.78 is 0. The Balaban J connectivity index is 0.00000180. The van der Waals surface area contributed by atoms with Crippen LogP contribution in [0.2, 0.25) is 0 Å². The van der Waals surface area contributed by atoms with E-state index in [0.29, 0.717) is 6.04 Å². The molecule has 2 N–H and O–H groups in total. The molecule has 0 aromatic carbocycles. The quantitative estimate of drug-likeness (QED) is 0.838. The largest absolute Gasteiger partial charge is 0.328 e. The van der Waals surface area contributed by atoms with E-state index in [4.69, 9.17) is 5.73 Å². The van der Waals surface area contributed by atoms with E-state index in [1.165, 1.54) is 64.6 Å². The fourth-order valence-electron chi connectivity index (χ4n) is 3.77. The second kappa shape index (κ2) is 8.26. The van der Waals surface area contributed by atoms with Crippen molar-refractivity contribution in [3.05, 3.63) is 0 Å². The molecule has 0 spiro atoms. The minimum Gasteiger partial charge on any atom is -0.328 e. The van der Waals surface area contributed by atoms with Crippen LogP contribution in [0.1, 0.15) is 66.2 Å². The van der Waals surface area contributed by atoms with Crippen LogP contribution >= 0.6 is 0 Å². The first-order valence-corrected chi connectivity index (χ1v) is 8.17. The lowest BCUT2D eigenvalue weighted by Crippen LogP contribution is -2.42. The van der Waals surface area contributed by atoms with Crippen molar-refractivity contribution in [2.45, 2.75) is 72.3 Å². The molecule has 0 aromatic heterocycles. The zero-order chi connectivity index (χ0) is 13.0. The van der Waals surface area contributed by atoms with E-state index in [-0.39, 0.29) is 7.43 Å². The van der Waals surface area contributed by atoms with Gasteiger partial charge in [0, 0.05) is 12.6 Å². The van der Waals surface area contributed by atoms with Crippen molar-refractivity contribution in [2.75, 3.05) is 19.6 Å². The Morgan fingerprint density at radius 2 is 1.63 bits per heavy atom. The van der Waals surface area contributed by atoms with Crippen molar-refractivity contribution in [1.29, 1.82) is 0 Å². The van der Waals surface area contributed by atoms with Gasteiger partial charge in [-0.1, -0.05) is 27.7 Å². The summed E-state index contributed by atoms with van der Waals surface area (Å²) in [6, 6.07) is 0.474. The Morgan fingerprint density at radius 1 is 1.05 bits per heavy atom. The Hall–Kier alpha value is -0.0800.